The van der Waals surface area contributed by atoms with Gasteiger partial charge in [0.05, 0.1) is 11.5 Å². The normalized spacial score (nSPS) is 45.2. The lowest BCUT2D eigenvalue weighted by Crippen LogP contribution is -2.65. The van der Waals surface area contributed by atoms with Gasteiger partial charge in [-0.05, 0) is 116 Å². The van der Waals surface area contributed by atoms with Crippen LogP contribution in [0, 0.1) is 56.2 Å². The van der Waals surface area contributed by atoms with Gasteiger partial charge in [-0.2, -0.15) is 0 Å². The summed E-state index contributed by atoms with van der Waals surface area (Å²) in [4.78, 5) is 26.9. The molecule has 0 aromatic heterocycles. The Labute approximate surface area is 265 Å². The Bertz CT molecular complexity index is 1190. The molecule has 5 rings (SSSR count). The molecule has 4 saturated carbocycles. The van der Waals surface area contributed by atoms with Crippen molar-refractivity contribution in [3.05, 3.63) is 11.6 Å². The molecule has 0 spiro atoms. The van der Waals surface area contributed by atoms with Crippen LogP contribution in [-0.2, 0) is 14.3 Å². The van der Waals surface area contributed by atoms with Crippen LogP contribution in [0.1, 0.15) is 120 Å². The van der Waals surface area contributed by atoms with Gasteiger partial charge in [0.25, 0.3) is 0 Å². The average molecular weight is 617 g/mol. The number of aliphatic hydroxyl groups excluding tert-OH is 3. The van der Waals surface area contributed by atoms with E-state index in [1.165, 1.54) is 19.6 Å². The van der Waals surface area contributed by atoms with E-state index in [0.717, 1.165) is 57.8 Å². The maximum Gasteiger partial charge on any atom is 0.310 e. The van der Waals surface area contributed by atoms with Gasteiger partial charge < -0.3 is 25.2 Å². The summed E-state index contributed by atoms with van der Waals surface area (Å²) >= 11 is 0. The minimum Gasteiger partial charge on any atom is -0.481 e. The van der Waals surface area contributed by atoms with Gasteiger partial charge in [-0.15, -0.1) is 0 Å². The maximum atomic E-state index is 14.0. The number of carboxylic acids is 1. The van der Waals surface area contributed by atoms with E-state index in [0.29, 0.717) is 18.3 Å². The van der Waals surface area contributed by atoms with Crippen molar-refractivity contribution < 1.29 is 34.8 Å². The molecule has 5 aliphatic carbocycles. The first-order valence-electron chi connectivity index (χ1n) is 17.3. The predicted octanol–water partition coefficient (Wildman–Crippen LogP) is 6.18. The third-order valence-corrected chi connectivity index (χ3v) is 15.1. The lowest BCUT2D eigenvalue weighted by molar-refractivity contribution is -0.201. The number of aliphatic carboxylic acids is 1. The van der Waals surface area contributed by atoms with E-state index in [1.807, 2.05) is 0 Å². The van der Waals surface area contributed by atoms with Crippen LogP contribution >= 0.6 is 0 Å². The quantitative estimate of drug-likeness (QED) is 0.252. The molecule has 0 aliphatic heterocycles. The number of ketones is 1. The van der Waals surface area contributed by atoms with E-state index in [4.69, 9.17) is 4.74 Å². The summed E-state index contributed by atoms with van der Waals surface area (Å²) in [5.74, 6) is -0.311. The largest absolute Gasteiger partial charge is 0.481 e. The summed E-state index contributed by atoms with van der Waals surface area (Å²) in [7, 11) is 1.38. The highest BCUT2D eigenvalue weighted by Crippen LogP contribution is 2.76. The van der Waals surface area contributed by atoms with E-state index in [1.54, 1.807) is 0 Å². The lowest BCUT2D eigenvalue weighted by atomic mass is 9.33. The molecule has 5 unspecified atom stereocenters. The second-order valence-electron chi connectivity index (χ2n) is 17.9. The van der Waals surface area contributed by atoms with E-state index in [2.05, 4.69) is 54.5 Å². The number of carbonyl (C=O) groups is 2. The van der Waals surface area contributed by atoms with Crippen LogP contribution in [0.5, 0.6) is 0 Å². The van der Waals surface area contributed by atoms with Crippen molar-refractivity contribution in [3.63, 3.8) is 0 Å². The minimum atomic E-state index is -1.50. The molecule has 0 aromatic rings. The highest BCUT2D eigenvalue weighted by Gasteiger charge is 2.69. The van der Waals surface area contributed by atoms with E-state index in [9.17, 15) is 30.0 Å². The zero-order valence-corrected chi connectivity index (χ0v) is 28.8. The van der Waals surface area contributed by atoms with Crippen molar-refractivity contribution in [1.82, 2.24) is 0 Å². The van der Waals surface area contributed by atoms with Gasteiger partial charge in [0.2, 0.25) is 0 Å². The molecule has 250 valence electrons. The molecule has 0 saturated heterocycles. The van der Waals surface area contributed by atoms with Gasteiger partial charge in [0, 0.05) is 13.0 Å². The number of rotatable bonds is 7. The summed E-state index contributed by atoms with van der Waals surface area (Å²) in [6, 6.07) is 0. The Kier molecular flexibility index (Phi) is 8.43. The molecule has 5 aliphatic rings. The van der Waals surface area contributed by atoms with Crippen LogP contribution in [0.4, 0.5) is 0 Å². The second kappa shape index (κ2) is 10.9. The summed E-state index contributed by atoms with van der Waals surface area (Å²) < 4.78 is 5.49. The Balaban J connectivity index is 1.48. The van der Waals surface area contributed by atoms with Crippen molar-refractivity contribution in [2.75, 3.05) is 7.11 Å². The first kappa shape index (κ1) is 34.1. The molecule has 4 N–H and O–H groups in total. The highest BCUT2D eigenvalue weighted by atomic mass is 16.5. The van der Waals surface area contributed by atoms with Crippen molar-refractivity contribution in [1.29, 1.82) is 0 Å². The number of hydrogen-bond acceptors (Lipinski definition) is 6. The van der Waals surface area contributed by atoms with Crippen LogP contribution in [0.2, 0.25) is 0 Å². The van der Waals surface area contributed by atoms with Crippen LogP contribution in [-0.4, -0.2) is 63.7 Å². The first-order valence-corrected chi connectivity index (χ1v) is 17.3. The van der Waals surface area contributed by atoms with Gasteiger partial charge in [0.15, 0.2) is 5.78 Å². The molecule has 0 aromatic carbocycles. The SMILES string of the molecule is CO[C@@H](C(=O)[C@H]1CC[C@@]2(C)C(CC[C@]3(C)C2CC=C2C4CC(C)(C)CC[C@]4(C(=O)O)CC[C@]23C)C1(C)C)C(O)C(O)[C@H](C)O. The molecular formula is C37H60O7. The molecule has 44 heavy (non-hydrogen) atoms. The van der Waals surface area contributed by atoms with Gasteiger partial charge in [-0.25, -0.2) is 0 Å². The predicted molar refractivity (Wildman–Crippen MR) is 170 cm³/mol. The zero-order valence-electron chi connectivity index (χ0n) is 28.8. The highest BCUT2D eigenvalue weighted by molar-refractivity contribution is 5.87. The number of hydrogen-bond donors (Lipinski definition) is 4. The van der Waals surface area contributed by atoms with E-state index in [-0.39, 0.29) is 44.7 Å². The van der Waals surface area contributed by atoms with Crippen LogP contribution in [0.25, 0.3) is 0 Å². The fraction of sp³-hybridized carbons (Fsp3) is 0.892. The number of aliphatic hydroxyl groups is 3. The van der Waals surface area contributed by atoms with Crippen molar-refractivity contribution >= 4 is 11.8 Å². The maximum absolute atomic E-state index is 14.0. The minimum absolute atomic E-state index is 0.00575. The molecule has 0 amide bonds. The number of methoxy groups -OCH3 is 1. The Morgan fingerprint density at radius 3 is 2.09 bits per heavy atom. The summed E-state index contributed by atoms with van der Waals surface area (Å²) in [5.41, 5.74) is 0.561. The fourth-order valence-electron chi connectivity index (χ4n) is 12.2. The number of ether oxygens (including phenoxy) is 1. The van der Waals surface area contributed by atoms with Crippen LogP contribution in [0.3, 0.4) is 0 Å². The topological polar surface area (TPSA) is 124 Å². The standard InChI is InChI=1S/C37H60O7/c1-21(38)27(39)29(41)30(44-9)28(40)23-12-14-34(6)25(33(23,4)5)13-15-36(8)26(34)11-10-22-24-20-32(2,3)16-18-37(24,31(42)43)19-17-35(22,36)7/h10,21,23-27,29-30,38-39,41H,11-20H2,1-9H3,(H,42,43)/t21-,23+,24?,25?,26?,27?,29?,30-,34-,35+,36+,37-/m0/s1. The molecule has 0 radical (unpaired) electrons. The van der Waals surface area contributed by atoms with Gasteiger partial charge in [0.1, 0.15) is 18.3 Å². The molecule has 0 heterocycles. The van der Waals surface area contributed by atoms with Crippen LogP contribution < -0.4 is 0 Å². The Hall–Kier alpha value is -1.28. The van der Waals surface area contributed by atoms with Crippen LogP contribution in [0.15, 0.2) is 11.6 Å². The van der Waals surface area contributed by atoms with Crippen molar-refractivity contribution in [3.8, 4) is 0 Å². The van der Waals surface area contributed by atoms with Gasteiger partial charge in [-0.1, -0.05) is 60.1 Å². The number of allylic oxidation sites excluding steroid dienone is 2. The van der Waals surface area contributed by atoms with Crippen molar-refractivity contribution in [2.24, 2.45) is 56.2 Å². The molecule has 4 fully saturated rings. The third-order valence-electron chi connectivity index (χ3n) is 15.1. The molecule has 7 heteroatoms. The number of fused-ring (bicyclic) bond motifs is 7. The monoisotopic (exact) mass is 616 g/mol. The third kappa shape index (κ3) is 4.64. The first-order chi connectivity index (χ1) is 20.2. The summed E-state index contributed by atoms with van der Waals surface area (Å²) in [5, 5.41) is 41.7. The number of carbonyl (C=O) groups excluding carboxylic acids is 1. The summed E-state index contributed by atoms with van der Waals surface area (Å²) in [6.45, 7) is 17.9. The van der Waals surface area contributed by atoms with E-state index >= 15 is 0 Å². The lowest BCUT2D eigenvalue weighted by Gasteiger charge is -2.71. The molecular weight excluding hydrogens is 556 g/mol. The van der Waals surface area contributed by atoms with Gasteiger partial charge >= 0.3 is 5.97 Å². The second-order valence-corrected chi connectivity index (χ2v) is 17.9. The number of Topliss-reactive ketones (excluding diaryl/α,β-unsaturated/α-hetero) is 1. The molecule has 12 atom stereocenters. The summed E-state index contributed by atoms with van der Waals surface area (Å²) in [6.07, 6.45) is 6.07. The molecule has 0 bridgehead atoms. The van der Waals surface area contributed by atoms with Crippen molar-refractivity contribution in [2.45, 2.75) is 144 Å². The average Bonchev–Trinajstić information content (AvgIpc) is 2.92. The Morgan fingerprint density at radius 1 is 0.864 bits per heavy atom. The number of carboxylic acid groups (broad SMARTS) is 1. The van der Waals surface area contributed by atoms with E-state index < -0.39 is 35.8 Å². The Morgan fingerprint density at radius 2 is 1.50 bits per heavy atom. The molecule has 7 nitrogen and oxygen atoms in total. The smallest absolute Gasteiger partial charge is 0.310 e. The van der Waals surface area contributed by atoms with Gasteiger partial charge in [-0.3, -0.25) is 9.59 Å². The fourth-order valence-corrected chi connectivity index (χ4v) is 12.2. The zero-order chi connectivity index (χ0) is 32.8.